The van der Waals surface area contributed by atoms with Crippen LogP contribution in [0.2, 0.25) is 0 Å². The number of carbonyl (C=O) groups is 1. The van der Waals surface area contributed by atoms with Crippen LogP contribution in [-0.2, 0) is 6.54 Å². The molecule has 3 aliphatic rings. The van der Waals surface area contributed by atoms with Crippen LogP contribution in [0.4, 0.5) is 4.79 Å². The fourth-order valence-electron chi connectivity index (χ4n) is 5.03. The van der Waals surface area contributed by atoms with Crippen molar-refractivity contribution in [1.29, 1.82) is 0 Å². The molecule has 1 atom stereocenters. The van der Waals surface area contributed by atoms with Gasteiger partial charge in [0.15, 0.2) is 0 Å². The molecular weight excluding hydrogens is 348 g/mol. The molecule has 154 valence electrons. The normalized spacial score (nSPS) is 25.5. The lowest BCUT2D eigenvalue weighted by molar-refractivity contribution is 0.0166. The second-order valence-corrected chi connectivity index (χ2v) is 9.03. The Labute approximate surface area is 170 Å². The van der Waals surface area contributed by atoms with Crippen molar-refractivity contribution in [2.45, 2.75) is 57.7 Å². The number of hydrogen-bond acceptors (Lipinski definition) is 3. The van der Waals surface area contributed by atoms with Crippen molar-refractivity contribution in [2.24, 2.45) is 5.92 Å². The summed E-state index contributed by atoms with van der Waals surface area (Å²) in [6, 6.07) is 12.1. The first-order chi connectivity index (χ1) is 13.7. The van der Waals surface area contributed by atoms with Gasteiger partial charge in [-0.25, -0.2) is 4.79 Å². The van der Waals surface area contributed by atoms with E-state index in [0.29, 0.717) is 18.0 Å². The van der Waals surface area contributed by atoms with Crippen LogP contribution in [0.3, 0.4) is 0 Å². The monoisotopic (exact) mass is 384 g/mol. The quantitative estimate of drug-likeness (QED) is 0.848. The van der Waals surface area contributed by atoms with Crippen LogP contribution in [-0.4, -0.2) is 72.1 Å². The van der Waals surface area contributed by atoms with E-state index in [9.17, 15) is 4.79 Å². The number of rotatable bonds is 5. The van der Waals surface area contributed by atoms with Gasteiger partial charge < -0.3 is 10.2 Å². The summed E-state index contributed by atoms with van der Waals surface area (Å²) >= 11 is 0. The highest BCUT2D eigenvalue weighted by Gasteiger charge is 2.37. The highest BCUT2D eigenvalue weighted by Crippen LogP contribution is 2.24. The van der Waals surface area contributed by atoms with Gasteiger partial charge in [-0.3, -0.25) is 9.80 Å². The van der Waals surface area contributed by atoms with Crippen molar-refractivity contribution in [3.63, 3.8) is 0 Å². The van der Waals surface area contributed by atoms with E-state index in [4.69, 9.17) is 0 Å². The van der Waals surface area contributed by atoms with Crippen molar-refractivity contribution in [2.75, 3.05) is 39.3 Å². The van der Waals surface area contributed by atoms with Gasteiger partial charge in [-0.1, -0.05) is 36.8 Å². The maximum atomic E-state index is 12.5. The minimum Gasteiger partial charge on any atom is -0.338 e. The molecule has 28 heavy (non-hydrogen) atoms. The molecule has 0 aliphatic carbocycles. The van der Waals surface area contributed by atoms with Crippen molar-refractivity contribution in [3.05, 3.63) is 35.9 Å². The fraction of sp³-hybridized carbons (Fsp3) is 0.696. The minimum atomic E-state index is 0.146. The van der Waals surface area contributed by atoms with E-state index in [1.807, 2.05) is 4.90 Å². The van der Waals surface area contributed by atoms with Gasteiger partial charge in [-0.2, -0.15) is 0 Å². The number of piperidine rings is 2. The third-order valence-corrected chi connectivity index (χ3v) is 6.97. The SMILES string of the molecule is C[C@H]1CCCCN1C1CN(C(=O)NCC2CCN(Cc3ccccc3)CC2)C1. The van der Waals surface area contributed by atoms with Gasteiger partial charge in [0.1, 0.15) is 0 Å². The number of nitrogens with zero attached hydrogens (tertiary/aromatic N) is 3. The van der Waals surface area contributed by atoms with E-state index in [-0.39, 0.29) is 6.03 Å². The van der Waals surface area contributed by atoms with E-state index in [1.165, 1.54) is 44.2 Å². The Hall–Kier alpha value is -1.59. The molecular formula is C23H36N4O. The molecule has 3 heterocycles. The van der Waals surface area contributed by atoms with Crippen molar-refractivity contribution < 1.29 is 4.79 Å². The molecule has 0 spiro atoms. The van der Waals surface area contributed by atoms with Gasteiger partial charge in [0.05, 0.1) is 0 Å². The van der Waals surface area contributed by atoms with Crippen LogP contribution < -0.4 is 5.32 Å². The van der Waals surface area contributed by atoms with Crippen molar-refractivity contribution >= 4 is 6.03 Å². The summed E-state index contributed by atoms with van der Waals surface area (Å²) in [5, 5.41) is 3.20. The number of amides is 2. The van der Waals surface area contributed by atoms with Crippen LogP contribution in [0, 0.1) is 5.92 Å². The first kappa shape index (κ1) is 19.7. The standard InChI is InChI=1S/C23H36N4O/c1-19-7-5-6-12-27(19)22-17-26(18-22)23(28)24-15-20-10-13-25(14-11-20)16-21-8-3-2-4-9-21/h2-4,8-9,19-20,22H,5-7,10-18H2,1H3,(H,24,28)/t19-/m0/s1. The molecule has 0 unspecified atom stereocenters. The predicted molar refractivity (Wildman–Crippen MR) is 113 cm³/mol. The van der Waals surface area contributed by atoms with Gasteiger partial charge in [0.25, 0.3) is 0 Å². The zero-order chi connectivity index (χ0) is 19.3. The molecule has 0 bridgehead atoms. The van der Waals surface area contributed by atoms with E-state index in [0.717, 1.165) is 39.3 Å². The van der Waals surface area contributed by atoms with Gasteiger partial charge in [0.2, 0.25) is 0 Å². The molecule has 3 fully saturated rings. The Kier molecular flexibility index (Phi) is 6.53. The Morgan fingerprint density at radius 2 is 1.79 bits per heavy atom. The largest absolute Gasteiger partial charge is 0.338 e. The van der Waals surface area contributed by atoms with Gasteiger partial charge >= 0.3 is 6.03 Å². The second kappa shape index (κ2) is 9.27. The Morgan fingerprint density at radius 3 is 2.50 bits per heavy atom. The first-order valence-electron chi connectivity index (χ1n) is 11.2. The van der Waals surface area contributed by atoms with Crippen LogP contribution >= 0.6 is 0 Å². The molecule has 2 amide bonds. The zero-order valence-electron chi connectivity index (χ0n) is 17.4. The summed E-state index contributed by atoms with van der Waals surface area (Å²) in [6.45, 7) is 9.51. The van der Waals surface area contributed by atoms with Gasteiger partial charge in [-0.05, 0) is 63.7 Å². The number of likely N-dealkylation sites (tertiary alicyclic amines) is 3. The molecule has 3 saturated heterocycles. The van der Waals surface area contributed by atoms with Gasteiger partial charge in [0, 0.05) is 38.3 Å². The molecule has 0 saturated carbocycles. The molecule has 1 N–H and O–H groups in total. The summed E-state index contributed by atoms with van der Waals surface area (Å²) in [5.74, 6) is 0.621. The van der Waals surface area contributed by atoms with Crippen molar-refractivity contribution in [3.8, 4) is 0 Å². The highest BCUT2D eigenvalue weighted by atomic mass is 16.2. The van der Waals surface area contributed by atoms with Crippen LogP contribution in [0.5, 0.6) is 0 Å². The number of hydrogen-bond donors (Lipinski definition) is 1. The molecule has 5 heteroatoms. The average molecular weight is 385 g/mol. The second-order valence-electron chi connectivity index (χ2n) is 9.03. The molecule has 0 radical (unpaired) electrons. The van der Waals surface area contributed by atoms with E-state index >= 15 is 0 Å². The third-order valence-electron chi connectivity index (χ3n) is 6.97. The summed E-state index contributed by atoms with van der Waals surface area (Å²) in [6.07, 6.45) is 6.35. The van der Waals surface area contributed by atoms with E-state index in [2.05, 4.69) is 52.4 Å². The zero-order valence-corrected chi connectivity index (χ0v) is 17.4. The smallest absolute Gasteiger partial charge is 0.317 e. The number of carbonyl (C=O) groups excluding carboxylic acids is 1. The Bertz CT molecular complexity index is 623. The molecule has 0 aromatic heterocycles. The third kappa shape index (κ3) is 4.87. The lowest BCUT2D eigenvalue weighted by Gasteiger charge is -2.49. The van der Waals surface area contributed by atoms with E-state index in [1.54, 1.807) is 0 Å². The fourth-order valence-corrected chi connectivity index (χ4v) is 5.03. The molecule has 4 rings (SSSR count). The number of urea groups is 1. The summed E-state index contributed by atoms with van der Waals surface area (Å²) in [5.41, 5.74) is 1.39. The number of nitrogens with one attached hydrogen (secondary N) is 1. The Balaban J connectivity index is 1.12. The highest BCUT2D eigenvalue weighted by molar-refractivity contribution is 5.75. The molecule has 3 aliphatic heterocycles. The molecule has 1 aromatic carbocycles. The summed E-state index contributed by atoms with van der Waals surface area (Å²) < 4.78 is 0. The minimum absolute atomic E-state index is 0.146. The lowest BCUT2D eigenvalue weighted by atomic mass is 9.96. The van der Waals surface area contributed by atoms with Crippen LogP contribution in [0.15, 0.2) is 30.3 Å². The summed E-state index contributed by atoms with van der Waals surface area (Å²) in [7, 11) is 0. The van der Waals surface area contributed by atoms with Gasteiger partial charge in [-0.15, -0.1) is 0 Å². The maximum Gasteiger partial charge on any atom is 0.317 e. The first-order valence-corrected chi connectivity index (χ1v) is 11.2. The van der Waals surface area contributed by atoms with Crippen LogP contribution in [0.25, 0.3) is 0 Å². The predicted octanol–water partition coefficient (Wildman–Crippen LogP) is 3.17. The average Bonchev–Trinajstić information content (AvgIpc) is 2.68. The topological polar surface area (TPSA) is 38.8 Å². The Morgan fingerprint density at radius 1 is 1.04 bits per heavy atom. The molecule has 1 aromatic rings. The summed E-state index contributed by atoms with van der Waals surface area (Å²) in [4.78, 5) is 19.6. The molecule has 5 nitrogen and oxygen atoms in total. The van der Waals surface area contributed by atoms with Crippen molar-refractivity contribution in [1.82, 2.24) is 20.0 Å². The maximum absolute atomic E-state index is 12.5. The van der Waals surface area contributed by atoms with E-state index < -0.39 is 0 Å². The van der Waals surface area contributed by atoms with Crippen LogP contribution in [0.1, 0.15) is 44.6 Å². The lowest BCUT2D eigenvalue weighted by Crippen LogP contribution is -2.65. The number of benzene rings is 1.